The summed E-state index contributed by atoms with van der Waals surface area (Å²) >= 11 is 1.61. The van der Waals surface area contributed by atoms with Crippen molar-refractivity contribution in [3.05, 3.63) is 47.7 Å². The molecule has 0 aliphatic carbocycles. The van der Waals surface area contributed by atoms with Crippen LogP contribution < -0.4 is 5.73 Å². The number of nitrogens with zero attached hydrogens (tertiary/aromatic N) is 1. The monoisotopic (exact) mass is 272 g/mol. The van der Waals surface area contributed by atoms with Crippen molar-refractivity contribution in [1.82, 2.24) is 4.98 Å². The molecule has 1 aromatic carbocycles. The van der Waals surface area contributed by atoms with E-state index in [1.165, 1.54) is 5.56 Å². The molecule has 2 rings (SSSR count). The molecular weight excluding hydrogens is 252 g/mol. The second kappa shape index (κ2) is 5.25. The van der Waals surface area contributed by atoms with Crippen LogP contribution in [0.25, 0.3) is 0 Å². The van der Waals surface area contributed by atoms with Crippen LogP contribution in [0.2, 0.25) is 0 Å². The van der Waals surface area contributed by atoms with Gasteiger partial charge in [-0.25, -0.2) is 4.98 Å². The van der Waals surface area contributed by atoms with E-state index in [4.69, 9.17) is 5.73 Å². The Kier molecular flexibility index (Phi) is 3.85. The fraction of sp³-hybridized carbons (Fsp3) is 0.312. The predicted molar refractivity (Wildman–Crippen MR) is 82.7 cm³/mol. The van der Waals surface area contributed by atoms with Gasteiger partial charge < -0.3 is 5.73 Å². The zero-order valence-electron chi connectivity index (χ0n) is 11.9. The highest BCUT2D eigenvalue weighted by molar-refractivity contribution is 7.99. The summed E-state index contributed by atoms with van der Waals surface area (Å²) in [5.41, 5.74) is 9.19. The molecule has 1 aromatic heterocycles. The van der Waals surface area contributed by atoms with E-state index in [-0.39, 0.29) is 5.41 Å². The van der Waals surface area contributed by atoms with Crippen LogP contribution in [0.15, 0.2) is 46.3 Å². The fourth-order valence-corrected chi connectivity index (χ4v) is 2.63. The summed E-state index contributed by atoms with van der Waals surface area (Å²) < 4.78 is 0. The number of pyridine rings is 1. The van der Waals surface area contributed by atoms with Crippen LogP contribution >= 0.6 is 11.8 Å². The third kappa shape index (κ3) is 3.51. The predicted octanol–water partition coefficient (Wildman–Crippen LogP) is 4.42. The Balaban J connectivity index is 2.22. The van der Waals surface area contributed by atoms with Gasteiger partial charge in [-0.05, 0) is 42.2 Å². The minimum absolute atomic E-state index is 0.184. The highest BCUT2D eigenvalue weighted by Crippen LogP contribution is 2.32. The van der Waals surface area contributed by atoms with Crippen LogP contribution in [0, 0.1) is 6.92 Å². The van der Waals surface area contributed by atoms with Crippen molar-refractivity contribution in [2.75, 3.05) is 5.73 Å². The molecule has 0 unspecified atom stereocenters. The number of hydrogen-bond acceptors (Lipinski definition) is 3. The summed E-state index contributed by atoms with van der Waals surface area (Å²) in [5, 5.41) is 0.878. The highest BCUT2D eigenvalue weighted by atomic mass is 32.2. The van der Waals surface area contributed by atoms with E-state index < -0.39 is 0 Å². The summed E-state index contributed by atoms with van der Waals surface area (Å²) in [6.07, 6.45) is 0. The first-order valence-electron chi connectivity index (χ1n) is 6.38. The number of nitrogens with two attached hydrogens (primary N) is 1. The molecule has 0 aliphatic heterocycles. The lowest BCUT2D eigenvalue weighted by atomic mass is 9.87. The third-order valence-electron chi connectivity index (χ3n) is 2.96. The van der Waals surface area contributed by atoms with Crippen molar-refractivity contribution in [1.29, 1.82) is 0 Å². The molecule has 2 nitrogen and oxygen atoms in total. The van der Waals surface area contributed by atoms with Gasteiger partial charge >= 0.3 is 0 Å². The third-order valence-corrected chi connectivity index (χ3v) is 3.99. The molecule has 0 bridgehead atoms. The van der Waals surface area contributed by atoms with Gasteiger partial charge in [0.25, 0.3) is 0 Å². The van der Waals surface area contributed by atoms with E-state index >= 15 is 0 Å². The van der Waals surface area contributed by atoms with E-state index in [0.29, 0.717) is 0 Å². The first-order chi connectivity index (χ1) is 8.86. The Morgan fingerprint density at radius 3 is 2.21 bits per heavy atom. The fourth-order valence-electron chi connectivity index (χ4n) is 1.76. The lowest BCUT2D eigenvalue weighted by molar-refractivity contribution is 0.590. The maximum atomic E-state index is 5.95. The molecule has 0 radical (unpaired) electrons. The highest BCUT2D eigenvalue weighted by Gasteiger charge is 2.13. The lowest BCUT2D eigenvalue weighted by Gasteiger charge is -2.19. The van der Waals surface area contributed by atoms with E-state index in [1.807, 2.05) is 19.1 Å². The Labute approximate surface area is 119 Å². The Hall–Kier alpha value is -1.48. The van der Waals surface area contributed by atoms with Gasteiger partial charge in [0, 0.05) is 10.6 Å². The molecule has 0 saturated heterocycles. The van der Waals surface area contributed by atoms with Gasteiger partial charge in [-0.15, -0.1) is 0 Å². The van der Waals surface area contributed by atoms with Gasteiger partial charge in [0.1, 0.15) is 5.03 Å². The first-order valence-corrected chi connectivity index (χ1v) is 7.19. The number of benzene rings is 1. The molecule has 0 spiro atoms. The van der Waals surface area contributed by atoms with Gasteiger partial charge in [0.05, 0.1) is 5.69 Å². The zero-order valence-corrected chi connectivity index (χ0v) is 12.7. The summed E-state index contributed by atoms with van der Waals surface area (Å²) in [5.74, 6) is 0. The average Bonchev–Trinajstić information content (AvgIpc) is 2.33. The summed E-state index contributed by atoms with van der Waals surface area (Å²) in [6, 6.07) is 12.5. The van der Waals surface area contributed by atoms with Crippen LogP contribution in [-0.4, -0.2) is 4.98 Å². The van der Waals surface area contributed by atoms with Crippen molar-refractivity contribution in [2.45, 2.75) is 43.0 Å². The summed E-state index contributed by atoms with van der Waals surface area (Å²) in [7, 11) is 0. The van der Waals surface area contributed by atoms with Crippen LogP contribution in [0.5, 0.6) is 0 Å². The second-order valence-electron chi connectivity index (χ2n) is 5.72. The topological polar surface area (TPSA) is 38.9 Å². The maximum absolute atomic E-state index is 5.95. The Bertz CT molecular complexity index is 568. The van der Waals surface area contributed by atoms with E-state index in [0.717, 1.165) is 21.3 Å². The molecule has 0 aliphatic rings. The standard InChI is InChI=1S/C16H20N2S/c1-11-5-10-14(17)15(18-11)19-13-8-6-12(7-9-13)16(2,3)4/h5-10H,17H2,1-4H3. The second-order valence-corrected chi connectivity index (χ2v) is 6.79. The number of aryl methyl sites for hydroxylation is 1. The molecule has 2 N–H and O–H groups in total. The first kappa shape index (κ1) is 13.9. The van der Waals surface area contributed by atoms with Crippen molar-refractivity contribution in [3.8, 4) is 0 Å². The number of anilines is 1. The summed E-state index contributed by atoms with van der Waals surface area (Å²) in [6.45, 7) is 8.63. The average molecular weight is 272 g/mol. The van der Waals surface area contributed by atoms with E-state index in [1.54, 1.807) is 11.8 Å². The molecule has 0 fully saturated rings. The van der Waals surface area contributed by atoms with Crippen LogP contribution in [0.1, 0.15) is 32.0 Å². The number of hydrogen-bond donors (Lipinski definition) is 1. The molecule has 0 saturated carbocycles. The van der Waals surface area contributed by atoms with Gasteiger partial charge in [0.15, 0.2) is 0 Å². The minimum Gasteiger partial charge on any atom is -0.397 e. The van der Waals surface area contributed by atoms with E-state index in [9.17, 15) is 0 Å². The quantitative estimate of drug-likeness (QED) is 0.879. The maximum Gasteiger partial charge on any atom is 0.124 e. The van der Waals surface area contributed by atoms with Crippen LogP contribution in [0.3, 0.4) is 0 Å². The number of aromatic nitrogens is 1. The Morgan fingerprint density at radius 2 is 1.63 bits per heavy atom. The molecule has 0 atom stereocenters. The Morgan fingerprint density at radius 1 is 1.00 bits per heavy atom. The van der Waals surface area contributed by atoms with Gasteiger partial charge in [-0.3, -0.25) is 0 Å². The van der Waals surface area contributed by atoms with Crippen molar-refractivity contribution in [2.24, 2.45) is 0 Å². The molecular formula is C16H20N2S. The van der Waals surface area contributed by atoms with Gasteiger partial charge in [0.2, 0.25) is 0 Å². The molecule has 100 valence electrons. The molecule has 19 heavy (non-hydrogen) atoms. The normalized spacial score (nSPS) is 11.6. The summed E-state index contributed by atoms with van der Waals surface area (Å²) in [4.78, 5) is 5.64. The van der Waals surface area contributed by atoms with Gasteiger partial charge in [-0.1, -0.05) is 44.7 Å². The SMILES string of the molecule is Cc1ccc(N)c(Sc2ccc(C(C)(C)C)cc2)n1. The van der Waals surface area contributed by atoms with Crippen molar-refractivity contribution >= 4 is 17.4 Å². The number of rotatable bonds is 2. The molecule has 3 heteroatoms. The van der Waals surface area contributed by atoms with Crippen molar-refractivity contribution < 1.29 is 0 Å². The lowest BCUT2D eigenvalue weighted by Crippen LogP contribution is -2.10. The van der Waals surface area contributed by atoms with Crippen LogP contribution in [0.4, 0.5) is 5.69 Å². The molecule has 1 heterocycles. The van der Waals surface area contributed by atoms with E-state index in [2.05, 4.69) is 50.0 Å². The minimum atomic E-state index is 0.184. The zero-order chi connectivity index (χ0) is 14.0. The molecule has 2 aromatic rings. The smallest absolute Gasteiger partial charge is 0.124 e. The van der Waals surface area contributed by atoms with Crippen molar-refractivity contribution in [3.63, 3.8) is 0 Å². The van der Waals surface area contributed by atoms with Gasteiger partial charge in [-0.2, -0.15) is 0 Å². The number of nitrogen functional groups attached to an aromatic ring is 1. The van der Waals surface area contributed by atoms with Crippen LogP contribution in [-0.2, 0) is 5.41 Å². The molecule has 0 amide bonds. The largest absolute Gasteiger partial charge is 0.397 e.